The molecule has 1 amide bonds. The Kier molecular flexibility index (Phi) is 4.53. The van der Waals surface area contributed by atoms with E-state index in [1.54, 1.807) is 25.2 Å². The predicted molar refractivity (Wildman–Crippen MR) is 74.6 cm³/mol. The Hall–Kier alpha value is -1.42. The molecule has 1 aliphatic rings. The summed E-state index contributed by atoms with van der Waals surface area (Å²) in [5.74, 6) is 0.175. The number of amides is 1. The van der Waals surface area contributed by atoms with Crippen LogP contribution in [0.1, 0.15) is 26.2 Å². The number of para-hydroxylation sites is 1. The lowest BCUT2D eigenvalue weighted by molar-refractivity contribution is -0.121. The fraction of sp³-hybridized carbons (Fsp3) is 0.533. The van der Waals surface area contributed by atoms with Crippen molar-refractivity contribution >= 4 is 11.6 Å². The molecular weight excluding hydrogens is 243 g/mol. The summed E-state index contributed by atoms with van der Waals surface area (Å²) in [7, 11) is 1.64. The van der Waals surface area contributed by atoms with Crippen LogP contribution in [-0.2, 0) is 4.79 Å². The molecule has 0 saturated carbocycles. The second-order valence-corrected chi connectivity index (χ2v) is 5.15. The van der Waals surface area contributed by atoms with Crippen LogP contribution < -0.4 is 10.2 Å². The van der Waals surface area contributed by atoms with Crippen LogP contribution in [0.3, 0.4) is 0 Å². The Labute approximate surface area is 113 Å². The molecular formula is C15H21FN2O. The maximum absolute atomic E-state index is 13.7. The number of piperidine rings is 1. The first-order valence-corrected chi connectivity index (χ1v) is 6.89. The molecule has 1 aromatic carbocycles. The first-order valence-electron chi connectivity index (χ1n) is 6.89. The van der Waals surface area contributed by atoms with Crippen molar-refractivity contribution in [2.24, 2.45) is 5.92 Å². The molecule has 104 valence electrons. The molecule has 0 radical (unpaired) electrons. The maximum Gasteiger partial charge on any atom is 0.243 e. The van der Waals surface area contributed by atoms with E-state index in [0.717, 1.165) is 25.8 Å². The minimum atomic E-state index is -0.360. The van der Waals surface area contributed by atoms with Gasteiger partial charge in [-0.1, -0.05) is 25.5 Å². The number of nitrogens with one attached hydrogen (secondary N) is 1. The van der Waals surface area contributed by atoms with Gasteiger partial charge in [-0.15, -0.1) is 0 Å². The normalized spacial score (nSPS) is 23.1. The fourth-order valence-electron chi connectivity index (χ4n) is 2.63. The largest absolute Gasteiger partial charge is 0.311 e. The summed E-state index contributed by atoms with van der Waals surface area (Å²) in [5, 5.41) is 3.24. The van der Waals surface area contributed by atoms with E-state index in [-0.39, 0.29) is 17.8 Å². The molecule has 1 aromatic rings. The maximum atomic E-state index is 13.7. The SMILES string of the molecule is CCC1CCNC(C(=O)N(C)c2ccccc2F)C1. The lowest BCUT2D eigenvalue weighted by Crippen LogP contribution is -2.49. The van der Waals surface area contributed by atoms with Crippen molar-refractivity contribution in [2.75, 3.05) is 18.5 Å². The summed E-state index contributed by atoms with van der Waals surface area (Å²) in [6.07, 6.45) is 3.05. The van der Waals surface area contributed by atoms with Gasteiger partial charge in [-0.05, 0) is 37.4 Å². The van der Waals surface area contributed by atoms with E-state index in [0.29, 0.717) is 11.6 Å². The minimum Gasteiger partial charge on any atom is -0.311 e. The summed E-state index contributed by atoms with van der Waals surface area (Å²) >= 11 is 0. The Morgan fingerprint density at radius 2 is 2.21 bits per heavy atom. The highest BCUT2D eigenvalue weighted by Crippen LogP contribution is 2.23. The molecule has 1 saturated heterocycles. The molecule has 0 aromatic heterocycles. The van der Waals surface area contributed by atoms with Crippen molar-refractivity contribution in [3.05, 3.63) is 30.1 Å². The van der Waals surface area contributed by atoms with Gasteiger partial charge in [-0.25, -0.2) is 4.39 Å². The third-order valence-corrected chi connectivity index (χ3v) is 3.93. The summed E-state index contributed by atoms with van der Waals surface area (Å²) in [5.41, 5.74) is 0.341. The van der Waals surface area contributed by atoms with E-state index in [1.165, 1.54) is 11.0 Å². The highest BCUT2D eigenvalue weighted by molar-refractivity contribution is 5.96. The fourth-order valence-corrected chi connectivity index (χ4v) is 2.63. The first-order chi connectivity index (χ1) is 9.13. The van der Waals surface area contributed by atoms with Gasteiger partial charge >= 0.3 is 0 Å². The molecule has 0 bridgehead atoms. The number of likely N-dealkylation sites (N-methyl/N-ethyl adjacent to an activating group) is 1. The molecule has 4 heteroatoms. The van der Waals surface area contributed by atoms with E-state index in [4.69, 9.17) is 0 Å². The Morgan fingerprint density at radius 1 is 1.47 bits per heavy atom. The molecule has 0 spiro atoms. The molecule has 2 unspecified atom stereocenters. The standard InChI is InChI=1S/C15H21FN2O/c1-3-11-8-9-17-13(10-11)15(19)18(2)14-7-5-4-6-12(14)16/h4-7,11,13,17H,3,8-10H2,1-2H3. The van der Waals surface area contributed by atoms with Gasteiger partial charge in [0.1, 0.15) is 5.82 Å². The molecule has 2 rings (SSSR count). The number of carbonyl (C=O) groups excluding carboxylic acids is 1. The monoisotopic (exact) mass is 264 g/mol. The van der Waals surface area contributed by atoms with Crippen molar-refractivity contribution in [1.82, 2.24) is 5.32 Å². The second-order valence-electron chi connectivity index (χ2n) is 5.15. The van der Waals surface area contributed by atoms with Gasteiger partial charge in [0.15, 0.2) is 0 Å². The Morgan fingerprint density at radius 3 is 2.89 bits per heavy atom. The number of carbonyl (C=O) groups is 1. The van der Waals surface area contributed by atoms with Crippen LogP contribution in [0.5, 0.6) is 0 Å². The highest BCUT2D eigenvalue weighted by Gasteiger charge is 2.29. The quantitative estimate of drug-likeness (QED) is 0.910. The molecule has 3 nitrogen and oxygen atoms in total. The smallest absolute Gasteiger partial charge is 0.243 e. The number of halogens is 1. The van der Waals surface area contributed by atoms with E-state index in [9.17, 15) is 9.18 Å². The molecule has 1 fully saturated rings. The van der Waals surface area contributed by atoms with Gasteiger partial charge in [0.2, 0.25) is 5.91 Å². The van der Waals surface area contributed by atoms with E-state index >= 15 is 0 Å². The van der Waals surface area contributed by atoms with E-state index < -0.39 is 0 Å². The number of benzene rings is 1. The summed E-state index contributed by atoms with van der Waals surface area (Å²) < 4.78 is 13.7. The first kappa shape index (κ1) is 14.0. The van der Waals surface area contributed by atoms with Crippen molar-refractivity contribution in [3.63, 3.8) is 0 Å². The third kappa shape index (κ3) is 3.13. The third-order valence-electron chi connectivity index (χ3n) is 3.93. The zero-order valence-corrected chi connectivity index (χ0v) is 11.5. The molecule has 1 aliphatic heterocycles. The predicted octanol–water partition coefficient (Wildman–Crippen LogP) is 2.57. The zero-order chi connectivity index (χ0) is 13.8. The van der Waals surface area contributed by atoms with Crippen LogP contribution in [-0.4, -0.2) is 25.5 Å². The van der Waals surface area contributed by atoms with Crippen LogP contribution >= 0.6 is 0 Å². The van der Waals surface area contributed by atoms with Crippen LogP contribution in [0.2, 0.25) is 0 Å². The van der Waals surface area contributed by atoms with Crippen LogP contribution in [0.25, 0.3) is 0 Å². The van der Waals surface area contributed by atoms with Gasteiger partial charge < -0.3 is 10.2 Å². The molecule has 0 aliphatic carbocycles. The van der Waals surface area contributed by atoms with Crippen molar-refractivity contribution in [3.8, 4) is 0 Å². The number of rotatable bonds is 3. The molecule has 2 atom stereocenters. The van der Waals surface area contributed by atoms with Gasteiger partial charge in [-0.2, -0.15) is 0 Å². The van der Waals surface area contributed by atoms with Crippen LogP contribution in [0, 0.1) is 11.7 Å². The molecule has 1 N–H and O–H groups in total. The average Bonchev–Trinajstić information content (AvgIpc) is 2.46. The van der Waals surface area contributed by atoms with Gasteiger partial charge in [0.25, 0.3) is 0 Å². The van der Waals surface area contributed by atoms with Crippen molar-refractivity contribution in [1.29, 1.82) is 0 Å². The van der Waals surface area contributed by atoms with E-state index in [1.807, 2.05) is 0 Å². The van der Waals surface area contributed by atoms with E-state index in [2.05, 4.69) is 12.2 Å². The Balaban J connectivity index is 2.09. The summed E-state index contributed by atoms with van der Waals surface area (Å²) in [4.78, 5) is 13.8. The zero-order valence-electron chi connectivity index (χ0n) is 11.5. The van der Waals surface area contributed by atoms with Gasteiger partial charge in [0, 0.05) is 7.05 Å². The summed E-state index contributed by atoms with van der Waals surface area (Å²) in [6, 6.07) is 6.19. The topological polar surface area (TPSA) is 32.3 Å². The van der Waals surface area contributed by atoms with Crippen molar-refractivity contribution in [2.45, 2.75) is 32.2 Å². The molecule has 19 heavy (non-hydrogen) atoms. The van der Waals surface area contributed by atoms with Crippen LogP contribution in [0.4, 0.5) is 10.1 Å². The molecule has 1 heterocycles. The number of anilines is 1. The van der Waals surface area contributed by atoms with Gasteiger partial charge in [-0.3, -0.25) is 4.79 Å². The van der Waals surface area contributed by atoms with Crippen LogP contribution in [0.15, 0.2) is 24.3 Å². The lowest BCUT2D eigenvalue weighted by atomic mass is 9.90. The van der Waals surface area contributed by atoms with Gasteiger partial charge in [0.05, 0.1) is 11.7 Å². The number of nitrogens with zero attached hydrogens (tertiary/aromatic N) is 1. The number of hydrogen-bond donors (Lipinski definition) is 1. The Bertz CT molecular complexity index is 450. The number of hydrogen-bond acceptors (Lipinski definition) is 2. The second kappa shape index (κ2) is 6.15. The summed E-state index contributed by atoms with van der Waals surface area (Å²) in [6.45, 7) is 3.01. The highest BCUT2D eigenvalue weighted by atomic mass is 19.1. The average molecular weight is 264 g/mol. The lowest BCUT2D eigenvalue weighted by Gasteiger charge is -2.31. The van der Waals surface area contributed by atoms with Crippen molar-refractivity contribution < 1.29 is 9.18 Å². The minimum absolute atomic E-state index is 0.0525.